The molecule has 0 amide bonds. The smallest absolute Gasteiger partial charge is 0.173 e. The van der Waals surface area contributed by atoms with E-state index in [0.717, 1.165) is 11.5 Å². The molecule has 70 valence electrons. The highest BCUT2D eigenvalue weighted by Gasteiger charge is 2.27. The summed E-state index contributed by atoms with van der Waals surface area (Å²) in [5.41, 5.74) is 1.24. The number of aryl methyl sites for hydroxylation is 1. The second-order valence-electron chi connectivity index (χ2n) is 3.55. The highest BCUT2D eigenvalue weighted by molar-refractivity contribution is 5.58. The minimum Gasteiger partial charge on any atom is -0.449 e. The van der Waals surface area contributed by atoms with Crippen LogP contribution in [0, 0.1) is 6.92 Å². The lowest BCUT2D eigenvalue weighted by Gasteiger charge is -1.76. The van der Waals surface area contributed by atoms with Crippen LogP contribution in [-0.4, -0.2) is 12.2 Å². The highest BCUT2D eigenvalue weighted by Crippen LogP contribution is 2.47. The van der Waals surface area contributed by atoms with Crippen LogP contribution in [0.2, 0.25) is 0 Å². The van der Waals surface area contributed by atoms with E-state index >= 15 is 0 Å². The van der Waals surface area contributed by atoms with E-state index in [9.17, 15) is 0 Å². The van der Waals surface area contributed by atoms with Crippen molar-refractivity contribution < 1.29 is 9.47 Å². The van der Waals surface area contributed by atoms with Crippen molar-refractivity contribution in [3.63, 3.8) is 0 Å². The van der Waals surface area contributed by atoms with Gasteiger partial charge in [-0.1, -0.05) is 12.1 Å². The van der Waals surface area contributed by atoms with E-state index in [1.807, 2.05) is 25.1 Å². The molecule has 2 aliphatic heterocycles. The van der Waals surface area contributed by atoms with Crippen LogP contribution in [0.4, 0.5) is 0 Å². The summed E-state index contributed by atoms with van der Waals surface area (Å²) in [6.07, 6.45) is 1.10. The van der Waals surface area contributed by atoms with Crippen molar-refractivity contribution in [2.24, 2.45) is 0 Å². The van der Waals surface area contributed by atoms with E-state index < -0.39 is 0 Å². The molecule has 2 atom stereocenters. The molecule has 1 aromatic carbocycles. The van der Waals surface area contributed by atoms with E-state index in [1.54, 1.807) is 0 Å². The fraction of sp³-hybridized carbons (Fsp3) is 0.455. The maximum atomic E-state index is 5.07. The van der Waals surface area contributed by atoms with Crippen LogP contribution in [0.25, 0.3) is 0 Å². The minimum atomic E-state index is 0.551. The summed E-state index contributed by atoms with van der Waals surface area (Å²) in [5.74, 6) is 2.12. The Labute approximate surface area is 78.5 Å². The number of epoxide rings is 1. The summed E-state index contributed by atoms with van der Waals surface area (Å²) in [4.78, 5) is 0. The summed E-state index contributed by atoms with van der Waals surface area (Å²) in [5, 5.41) is 0. The highest BCUT2D eigenvalue weighted by atomic mass is 16.6. The van der Waals surface area contributed by atoms with Crippen molar-refractivity contribution in [1.82, 2.24) is 0 Å². The normalized spacial score (nSPS) is 26.4. The van der Waals surface area contributed by atoms with E-state index in [0.29, 0.717) is 12.2 Å². The zero-order valence-corrected chi connectivity index (χ0v) is 8.20. The van der Waals surface area contributed by atoms with Gasteiger partial charge in [-0.2, -0.15) is 0 Å². The molecule has 0 spiro atoms. The van der Waals surface area contributed by atoms with Gasteiger partial charge in [0.15, 0.2) is 11.5 Å². The topological polar surface area (TPSA) is 25.1 Å². The van der Waals surface area contributed by atoms with Gasteiger partial charge in [0.1, 0.15) is 0 Å². The zero-order valence-electron chi connectivity index (χ0n) is 8.20. The summed E-state index contributed by atoms with van der Waals surface area (Å²) < 4.78 is 9.98. The lowest BCUT2D eigenvalue weighted by molar-refractivity contribution is 0.389. The van der Waals surface area contributed by atoms with Gasteiger partial charge in [-0.25, -0.2) is 0 Å². The molecule has 2 heteroatoms. The van der Waals surface area contributed by atoms with Gasteiger partial charge < -0.3 is 9.47 Å². The number of para-hydroxylation sites is 1. The van der Waals surface area contributed by atoms with Gasteiger partial charge in [0.05, 0.1) is 12.2 Å². The molecular formula is C11H14O2. The SMILES string of the molecule is CC1OC1C.Cc1cccc2c1O2. The molecule has 0 N–H and O–H groups in total. The Morgan fingerprint density at radius 1 is 1.15 bits per heavy atom. The summed E-state index contributed by atoms with van der Waals surface area (Å²) in [7, 11) is 0. The fourth-order valence-corrected chi connectivity index (χ4v) is 1.12. The molecule has 2 unspecified atom stereocenters. The van der Waals surface area contributed by atoms with E-state index in [4.69, 9.17) is 9.47 Å². The standard InChI is InChI=1S/C7H6O.C4H8O/c1-5-3-2-4-6-7(5)8-6;1-3-4(2)5-3/h2-4H,1H3;3-4H,1-2H3. The lowest BCUT2D eigenvalue weighted by atomic mass is 10.2. The van der Waals surface area contributed by atoms with Gasteiger partial charge in [-0.05, 0) is 32.4 Å². The predicted molar refractivity (Wildman–Crippen MR) is 51.3 cm³/mol. The quantitative estimate of drug-likeness (QED) is 0.579. The Bertz CT molecular complexity index is 314. The maximum Gasteiger partial charge on any atom is 0.173 e. The molecule has 2 aliphatic rings. The van der Waals surface area contributed by atoms with Gasteiger partial charge in [0.2, 0.25) is 0 Å². The van der Waals surface area contributed by atoms with Gasteiger partial charge in [-0.15, -0.1) is 0 Å². The molecule has 2 nitrogen and oxygen atoms in total. The first-order chi connectivity index (χ1) is 6.18. The first-order valence-corrected chi connectivity index (χ1v) is 4.61. The monoisotopic (exact) mass is 178 g/mol. The third kappa shape index (κ3) is 2.01. The molecule has 3 rings (SSSR count). The summed E-state index contributed by atoms with van der Waals surface area (Å²) in [6.45, 7) is 6.20. The first kappa shape index (κ1) is 8.57. The molecule has 0 radical (unpaired) electrons. The first-order valence-electron chi connectivity index (χ1n) is 4.61. The fourth-order valence-electron chi connectivity index (χ4n) is 1.12. The number of hydrogen-bond acceptors (Lipinski definition) is 2. The minimum absolute atomic E-state index is 0.551. The van der Waals surface area contributed by atoms with Crippen LogP contribution in [-0.2, 0) is 4.74 Å². The Balaban J connectivity index is 0.000000113. The van der Waals surface area contributed by atoms with Crippen LogP contribution in [0.15, 0.2) is 18.2 Å². The Kier molecular flexibility index (Phi) is 2.00. The number of hydrogen-bond donors (Lipinski definition) is 0. The third-order valence-corrected chi connectivity index (χ3v) is 2.36. The molecular weight excluding hydrogens is 164 g/mol. The average Bonchev–Trinajstić information content (AvgIpc) is 2.94. The third-order valence-electron chi connectivity index (χ3n) is 2.36. The maximum absolute atomic E-state index is 5.07. The Hall–Kier alpha value is -1.02. The van der Waals surface area contributed by atoms with Gasteiger partial charge in [0.25, 0.3) is 0 Å². The summed E-state index contributed by atoms with van der Waals surface area (Å²) in [6, 6.07) is 6.02. The molecule has 1 fully saturated rings. The van der Waals surface area contributed by atoms with Gasteiger partial charge in [0, 0.05) is 0 Å². The van der Waals surface area contributed by atoms with Crippen molar-refractivity contribution in [3.8, 4) is 11.5 Å². The Morgan fingerprint density at radius 2 is 1.77 bits per heavy atom. The van der Waals surface area contributed by atoms with Crippen LogP contribution in [0.5, 0.6) is 11.5 Å². The molecule has 0 bridgehead atoms. The zero-order chi connectivity index (χ0) is 9.42. The van der Waals surface area contributed by atoms with Crippen molar-refractivity contribution in [3.05, 3.63) is 23.8 Å². The number of rotatable bonds is 0. The molecule has 0 aliphatic carbocycles. The van der Waals surface area contributed by atoms with E-state index in [2.05, 4.69) is 13.8 Å². The molecule has 2 heterocycles. The second-order valence-corrected chi connectivity index (χ2v) is 3.55. The molecule has 0 saturated carbocycles. The molecule has 0 aromatic heterocycles. The predicted octanol–water partition coefficient (Wildman–Crippen LogP) is 2.89. The van der Waals surface area contributed by atoms with Crippen molar-refractivity contribution >= 4 is 0 Å². The molecule has 13 heavy (non-hydrogen) atoms. The van der Waals surface area contributed by atoms with Gasteiger partial charge in [-0.3, -0.25) is 0 Å². The van der Waals surface area contributed by atoms with Crippen LogP contribution in [0.3, 0.4) is 0 Å². The molecule has 1 saturated heterocycles. The van der Waals surface area contributed by atoms with Crippen LogP contribution >= 0.6 is 0 Å². The summed E-state index contributed by atoms with van der Waals surface area (Å²) >= 11 is 0. The second kappa shape index (κ2) is 3.04. The van der Waals surface area contributed by atoms with Crippen molar-refractivity contribution in [2.75, 3.05) is 0 Å². The van der Waals surface area contributed by atoms with Crippen LogP contribution in [0.1, 0.15) is 19.4 Å². The number of fused-ring (bicyclic) bond motifs is 1. The van der Waals surface area contributed by atoms with Crippen molar-refractivity contribution in [2.45, 2.75) is 33.0 Å². The van der Waals surface area contributed by atoms with Crippen LogP contribution < -0.4 is 4.74 Å². The number of ether oxygens (including phenoxy) is 2. The average molecular weight is 178 g/mol. The largest absolute Gasteiger partial charge is 0.449 e. The Morgan fingerprint density at radius 3 is 2.15 bits per heavy atom. The van der Waals surface area contributed by atoms with E-state index in [-0.39, 0.29) is 0 Å². The lowest BCUT2D eigenvalue weighted by Crippen LogP contribution is -1.74. The van der Waals surface area contributed by atoms with Crippen molar-refractivity contribution in [1.29, 1.82) is 0 Å². The molecule has 1 aromatic rings. The van der Waals surface area contributed by atoms with E-state index in [1.165, 1.54) is 5.56 Å². The number of benzene rings is 1. The van der Waals surface area contributed by atoms with Gasteiger partial charge >= 0.3 is 0 Å².